The summed E-state index contributed by atoms with van der Waals surface area (Å²) in [6.45, 7) is 17.7. The third-order valence-corrected chi connectivity index (χ3v) is 9.40. The summed E-state index contributed by atoms with van der Waals surface area (Å²) in [6, 6.07) is 4.09. The van der Waals surface area contributed by atoms with Gasteiger partial charge in [0.2, 0.25) is 0 Å². The second-order valence-corrected chi connectivity index (χ2v) is 12.6. The highest BCUT2D eigenvalue weighted by atomic mass is 28.4. The van der Waals surface area contributed by atoms with E-state index in [1.54, 1.807) is 0 Å². The van der Waals surface area contributed by atoms with Gasteiger partial charge in [0, 0.05) is 30.1 Å². The van der Waals surface area contributed by atoms with Crippen LogP contribution in [0.15, 0.2) is 24.9 Å². The van der Waals surface area contributed by atoms with Crippen LogP contribution in [0.2, 0.25) is 18.1 Å². The summed E-state index contributed by atoms with van der Waals surface area (Å²) < 4.78 is 8.24. The Balaban J connectivity index is 2.35. The Hall–Kier alpha value is -1.72. The normalized spacial score (nSPS) is 12.5. The number of aryl methyl sites for hydroxylation is 2. The van der Waals surface area contributed by atoms with Crippen LogP contribution >= 0.6 is 0 Å². The number of hydrogen-bond donors (Lipinski definition) is 0. The molecule has 2 rings (SSSR count). The number of hydrogen-bond acceptors (Lipinski definition) is 3. The molecule has 4 nitrogen and oxygen atoms in total. The van der Waals surface area contributed by atoms with Gasteiger partial charge in [0.05, 0.1) is 18.0 Å². The highest BCUT2D eigenvalue weighted by Gasteiger charge is 2.37. The third-order valence-electron chi connectivity index (χ3n) is 4.93. The molecule has 0 radical (unpaired) electrons. The second-order valence-electron chi connectivity index (χ2n) is 7.77. The van der Waals surface area contributed by atoms with Gasteiger partial charge in [0.25, 0.3) is 0 Å². The topological polar surface area (TPSA) is 39.9 Å². The fourth-order valence-corrected chi connectivity index (χ4v) is 3.26. The molecule has 0 N–H and O–H groups in total. The van der Waals surface area contributed by atoms with Gasteiger partial charge in [0.15, 0.2) is 8.32 Å². The van der Waals surface area contributed by atoms with Gasteiger partial charge in [-0.05, 0) is 37.2 Å². The van der Waals surface area contributed by atoms with Gasteiger partial charge >= 0.3 is 0 Å². The molecule has 24 heavy (non-hydrogen) atoms. The number of nitrogens with zero attached hydrogens (tertiary/aromatic N) is 3. The fourth-order valence-electron chi connectivity index (χ4n) is 2.33. The van der Waals surface area contributed by atoms with Crippen LogP contribution in [0.5, 0.6) is 0 Å². The molecule has 0 aliphatic carbocycles. The van der Waals surface area contributed by atoms with Crippen LogP contribution in [0.25, 0.3) is 17.3 Å². The third kappa shape index (κ3) is 3.68. The van der Waals surface area contributed by atoms with Gasteiger partial charge in [-0.1, -0.05) is 33.4 Å². The molecule has 0 fully saturated rings. The zero-order chi connectivity index (χ0) is 18.1. The highest BCUT2D eigenvalue weighted by Crippen LogP contribution is 2.37. The van der Waals surface area contributed by atoms with Crippen molar-refractivity contribution in [2.45, 2.75) is 52.4 Å². The van der Waals surface area contributed by atoms with Crippen molar-refractivity contribution in [3.63, 3.8) is 0 Å². The van der Waals surface area contributed by atoms with Crippen LogP contribution in [0.3, 0.4) is 0 Å². The van der Waals surface area contributed by atoms with Crippen molar-refractivity contribution >= 4 is 14.4 Å². The van der Waals surface area contributed by atoms with E-state index in [9.17, 15) is 0 Å². The first kappa shape index (κ1) is 18.6. The molecule has 5 heteroatoms. The maximum atomic E-state index is 6.35. The van der Waals surface area contributed by atoms with E-state index < -0.39 is 8.32 Å². The molecule has 2 heterocycles. The largest absolute Gasteiger partial charge is 0.411 e. The molecule has 0 saturated carbocycles. The zero-order valence-electron chi connectivity index (χ0n) is 16.0. The van der Waals surface area contributed by atoms with Gasteiger partial charge in [-0.25, -0.2) is 0 Å². The van der Waals surface area contributed by atoms with E-state index in [4.69, 9.17) is 4.43 Å². The molecule has 130 valence electrons. The summed E-state index contributed by atoms with van der Waals surface area (Å²) in [5.41, 5.74) is 5.05. The van der Waals surface area contributed by atoms with Crippen LogP contribution in [0.4, 0.5) is 0 Å². The molecule has 0 spiro atoms. The summed E-state index contributed by atoms with van der Waals surface area (Å²) in [7, 11) is 0.142. The molecule has 0 aromatic carbocycles. The average molecular weight is 344 g/mol. The van der Waals surface area contributed by atoms with Crippen molar-refractivity contribution in [2.75, 3.05) is 0 Å². The molecule has 0 atom stereocenters. The smallest absolute Gasteiger partial charge is 0.192 e. The Labute approximate surface area is 146 Å². The van der Waals surface area contributed by atoms with Crippen LogP contribution in [-0.4, -0.2) is 23.1 Å². The molecule has 0 aliphatic heterocycles. The molecule has 0 aliphatic rings. The molecule has 2 aromatic heterocycles. The van der Waals surface area contributed by atoms with Gasteiger partial charge in [-0.15, -0.1) is 0 Å². The number of pyridine rings is 1. The van der Waals surface area contributed by atoms with Crippen molar-refractivity contribution in [3.8, 4) is 11.3 Å². The van der Waals surface area contributed by atoms with Crippen molar-refractivity contribution in [2.24, 2.45) is 7.05 Å². The summed E-state index contributed by atoms with van der Waals surface area (Å²) in [5.74, 6) is 0. The zero-order valence-corrected chi connectivity index (χ0v) is 17.0. The lowest BCUT2D eigenvalue weighted by Gasteiger charge is -2.35. The summed E-state index contributed by atoms with van der Waals surface area (Å²) in [6.07, 6.45) is 3.75. The lowest BCUT2D eigenvalue weighted by atomic mass is 10.1. The number of aromatic nitrogens is 3. The van der Waals surface area contributed by atoms with E-state index >= 15 is 0 Å². The van der Waals surface area contributed by atoms with Crippen molar-refractivity contribution in [1.82, 2.24) is 14.8 Å². The van der Waals surface area contributed by atoms with E-state index in [0.717, 1.165) is 28.2 Å². The van der Waals surface area contributed by atoms with Gasteiger partial charge in [0.1, 0.15) is 0 Å². The van der Waals surface area contributed by atoms with E-state index in [1.165, 1.54) is 0 Å². The van der Waals surface area contributed by atoms with Crippen molar-refractivity contribution in [3.05, 3.63) is 41.9 Å². The van der Waals surface area contributed by atoms with Gasteiger partial charge in [-0.3, -0.25) is 9.67 Å². The number of rotatable bonds is 5. The minimum Gasteiger partial charge on any atom is -0.411 e. The Morgan fingerprint density at radius 2 is 1.96 bits per heavy atom. The lowest BCUT2D eigenvalue weighted by Crippen LogP contribution is -2.40. The van der Waals surface area contributed by atoms with E-state index in [0.29, 0.717) is 6.61 Å². The first-order valence-electron chi connectivity index (χ1n) is 8.32. The first-order valence-corrected chi connectivity index (χ1v) is 11.2. The van der Waals surface area contributed by atoms with Crippen LogP contribution in [0, 0.1) is 6.92 Å². The molecular weight excluding hydrogens is 314 g/mol. The summed E-state index contributed by atoms with van der Waals surface area (Å²) in [5, 5.41) is 4.86. The molecule has 0 saturated heterocycles. The molecule has 0 amide bonds. The van der Waals surface area contributed by atoms with Gasteiger partial charge in [-0.2, -0.15) is 5.10 Å². The maximum absolute atomic E-state index is 6.35. The predicted molar refractivity (Wildman–Crippen MR) is 103 cm³/mol. The monoisotopic (exact) mass is 343 g/mol. The highest BCUT2D eigenvalue weighted by molar-refractivity contribution is 6.74. The first-order chi connectivity index (χ1) is 11.1. The van der Waals surface area contributed by atoms with Crippen molar-refractivity contribution < 1.29 is 4.43 Å². The molecule has 0 unspecified atom stereocenters. The second kappa shape index (κ2) is 6.65. The fraction of sp³-hybridized carbons (Fsp3) is 0.474. The van der Waals surface area contributed by atoms with Crippen LogP contribution in [0.1, 0.15) is 37.7 Å². The van der Waals surface area contributed by atoms with E-state index in [-0.39, 0.29) is 5.04 Å². The predicted octanol–water partition coefficient (Wildman–Crippen LogP) is 4.96. The molecule has 2 aromatic rings. The Kier molecular flexibility index (Phi) is 5.16. The average Bonchev–Trinajstić information content (AvgIpc) is 2.81. The van der Waals surface area contributed by atoms with Crippen LogP contribution < -0.4 is 0 Å². The van der Waals surface area contributed by atoms with E-state index in [1.807, 2.05) is 37.0 Å². The summed E-state index contributed by atoms with van der Waals surface area (Å²) >= 11 is 0. The minimum atomic E-state index is -1.81. The SMILES string of the molecule is C=Cc1c(CO[Si](C)(C)C(C)(C)C)nn(C)c1-c1ccc(C)nc1. The molecular formula is C19H29N3OSi. The lowest BCUT2D eigenvalue weighted by molar-refractivity contribution is 0.271. The summed E-state index contributed by atoms with van der Waals surface area (Å²) in [4.78, 5) is 4.40. The van der Waals surface area contributed by atoms with E-state index in [2.05, 4.69) is 56.6 Å². The Morgan fingerprint density at radius 1 is 1.29 bits per heavy atom. The minimum absolute atomic E-state index is 0.180. The Bertz CT molecular complexity index is 724. The van der Waals surface area contributed by atoms with Gasteiger partial charge < -0.3 is 4.43 Å². The maximum Gasteiger partial charge on any atom is 0.192 e. The molecule has 0 bridgehead atoms. The standard InChI is InChI=1S/C19H29N3OSi/c1-9-16-17(13-23-24(7,8)19(3,4)5)21-22(6)18(16)15-11-10-14(2)20-12-15/h9-12H,1,13H2,2-8H3. The van der Waals surface area contributed by atoms with Crippen LogP contribution in [-0.2, 0) is 18.1 Å². The van der Waals surface area contributed by atoms with Crippen molar-refractivity contribution in [1.29, 1.82) is 0 Å². The Morgan fingerprint density at radius 3 is 2.46 bits per heavy atom. The quantitative estimate of drug-likeness (QED) is 0.721.